The third kappa shape index (κ3) is 12.0. The number of hydrogen-bond donors (Lipinski definition) is 1. The second kappa shape index (κ2) is 18.7. The molecule has 1 N–H and O–H groups in total. The molecule has 45 heavy (non-hydrogen) atoms. The number of aromatic carboxylic acids is 1. The number of tetrazole rings is 3. The molecular weight excluding hydrogens is 627 g/mol. The fourth-order valence-electron chi connectivity index (χ4n) is 3.00. The second-order valence-corrected chi connectivity index (χ2v) is 8.33. The zero-order valence-corrected chi connectivity index (χ0v) is 27.1. The van der Waals surface area contributed by atoms with Gasteiger partial charge in [0.1, 0.15) is 11.5 Å². The normalized spacial score (nSPS) is 9.78. The van der Waals surface area contributed by atoms with E-state index >= 15 is 0 Å². The van der Waals surface area contributed by atoms with Gasteiger partial charge in [0.05, 0.1) is 33.9 Å². The van der Waals surface area contributed by atoms with Crippen LogP contribution in [0.2, 0.25) is 0 Å². The smallest absolute Gasteiger partial charge is 0.497 e. The minimum Gasteiger partial charge on any atom is -0.497 e. The van der Waals surface area contributed by atoms with Gasteiger partial charge in [0, 0.05) is 0 Å². The van der Waals surface area contributed by atoms with Gasteiger partial charge in [-0.25, -0.2) is 14.7 Å². The van der Waals surface area contributed by atoms with Crippen molar-refractivity contribution in [1.29, 1.82) is 0 Å². The molecule has 5 rings (SSSR count). The predicted molar refractivity (Wildman–Crippen MR) is 146 cm³/mol. The summed E-state index contributed by atoms with van der Waals surface area (Å²) in [5.74, 6) is -0.748. The number of carbonyl (C=O) groups excluding carboxylic acids is 2. The number of carboxylic acids is 1. The van der Waals surface area contributed by atoms with E-state index in [1.54, 1.807) is 21.1 Å². The van der Waals surface area contributed by atoms with Crippen LogP contribution in [0.5, 0.6) is 11.5 Å². The van der Waals surface area contributed by atoms with Gasteiger partial charge < -0.3 is 24.4 Å². The quantitative estimate of drug-likeness (QED) is 0.0936. The number of methoxy groups -OCH3 is 2. The zero-order chi connectivity index (χ0) is 31.9. The van der Waals surface area contributed by atoms with Crippen LogP contribution in [-0.2, 0) is 17.8 Å². The molecule has 3 aromatic heterocycles. The van der Waals surface area contributed by atoms with Crippen LogP contribution >= 0.6 is 11.6 Å². The number of esters is 1. The van der Waals surface area contributed by atoms with Crippen LogP contribution in [0.15, 0.2) is 48.5 Å². The Hall–Kier alpha value is -4.85. The first-order valence-corrected chi connectivity index (χ1v) is 12.7. The summed E-state index contributed by atoms with van der Waals surface area (Å²) >= 11 is 5.23. The Balaban J connectivity index is 0.000000241. The molecule has 0 spiro atoms. The van der Waals surface area contributed by atoms with E-state index in [9.17, 15) is 14.4 Å². The number of carbonyl (C=O) groups is 3. The van der Waals surface area contributed by atoms with E-state index in [-0.39, 0.29) is 47.0 Å². The summed E-state index contributed by atoms with van der Waals surface area (Å²) < 4.78 is 14.6. The number of hydrogen-bond acceptors (Lipinski definition) is 15. The largest absolute Gasteiger partial charge is 1.00 e. The van der Waals surface area contributed by atoms with E-state index in [0.29, 0.717) is 19.7 Å². The average Bonchev–Trinajstić information content (AvgIpc) is 3.82. The molecule has 0 aliphatic carbocycles. The van der Waals surface area contributed by atoms with Gasteiger partial charge in [-0.2, -0.15) is 9.59 Å². The Morgan fingerprint density at radius 2 is 1.29 bits per heavy atom. The SMILES string of the molecule is CCOC(=O)c1nn[n-]n1.COc1ccc(Cn2nnc(C(=O)Cl)n2)cc1.COc1ccc(Cn2nnc(C(=O)O)n2)cc1.[Na+]. The van der Waals surface area contributed by atoms with Crippen LogP contribution in [0.1, 0.15) is 49.9 Å². The van der Waals surface area contributed by atoms with Crippen molar-refractivity contribution in [2.24, 2.45) is 0 Å². The van der Waals surface area contributed by atoms with E-state index in [4.69, 9.17) is 26.2 Å². The number of aromatic nitrogens is 12. The molecule has 0 saturated heterocycles. The first-order valence-electron chi connectivity index (χ1n) is 12.3. The molecule has 2 aromatic carbocycles. The van der Waals surface area contributed by atoms with Crippen LogP contribution in [0.3, 0.4) is 0 Å². The van der Waals surface area contributed by atoms with Gasteiger partial charge in [-0.1, -0.05) is 24.3 Å². The Morgan fingerprint density at radius 1 is 0.800 bits per heavy atom. The van der Waals surface area contributed by atoms with Crippen LogP contribution < -0.4 is 44.2 Å². The molecule has 0 atom stereocenters. The minimum atomic E-state index is -1.19. The van der Waals surface area contributed by atoms with Crippen molar-refractivity contribution in [2.75, 3.05) is 20.8 Å². The van der Waals surface area contributed by atoms with Crippen molar-refractivity contribution >= 4 is 28.8 Å². The Kier molecular flexibility index (Phi) is 15.1. The molecule has 3 heterocycles. The average molecular weight is 651 g/mol. The first kappa shape index (κ1) is 36.3. The Labute approximate surface area is 281 Å². The summed E-state index contributed by atoms with van der Waals surface area (Å²) in [7, 11) is 3.19. The number of carboxylic acid groups (broad SMARTS) is 1. The fourth-order valence-corrected chi connectivity index (χ4v) is 3.07. The van der Waals surface area contributed by atoms with Crippen molar-refractivity contribution in [1.82, 2.24) is 61.0 Å². The van der Waals surface area contributed by atoms with Gasteiger partial charge >= 0.3 is 41.5 Å². The fraction of sp³-hybridized carbons (Fsp3) is 0.250. The second-order valence-electron chi connectivity index (χ2n) is 7.98. The molecule has 0 saturated carbocycles. The van der Waals surface area contributed by atoms with Crippen molar-refractivity contribution in [3.63, 3.8) is 0 Å². The van der Waals surface area contributed by atoms with Gasteiger partial charge in [-0.15, -0.1) is 20.4 Å². The Bertz CT molecular complexity index is 1530. The predicted octanol–water partition coefficient (Wildman–Crippen LogP) is -2.45. The minimum absolute atomic E-state index is 0. The van der Waals surface area contributed by atoms with Crippen LogP contribution in [0.4, 0.5) is 0 Å². The summed E-state index contributed by atoms with van der Waals surface area (Å²) in [4.78, 5) is 34.5. The van der Waals surface area contributed by atoms with Gasteiger partial charge in [0.15, 0.2) is 5.82 Å². The van der Waals surface area contributed by atoms with Crippen LogP contribution in [0, 0.1) is 0 Å². The summed E-state index contributed by atoms with van der Waals surface area (Å²) in [6.45, 7) is 2.78. The molecule has 230 valence electrons. The monoisotopic (exact) mass is 650 g/mol. The summed E-state index contributed by atoms with van der Waals surface area (Å²) in [6, 6.07) is 14.7. The maximum atomic E-state index is 10.8. The molecule has 21 heteroatoms. The van der Waals surface area contributed by atoms with E-state index in [1.165, 1.54) is 9.59 Å². The van der Waals surface area contributed by atoms with Gasteiger partial charge in [-0.05, 0) is 64.3 Å². The number of nitrogens with zero attached hydrogens (tertiary/aromatic N) is 12. The molecule has 0 aliphatic heterocycles. The molecule has 0 bridgehead atoms. The number of benzene rings is 2. The maximum absolute atomic E-state index is 10.8. The first-order chi connectivity index (χ1) is 21.2. The molecule has 0 amide bonds. The summed E-state index contributed by atoms with van der Waals surface area (Å²) in [5.41, 5.74) is 1.90. The molecule has 19 nitrogen and oxygen atoms in total. The van der Waals surface area contributed by atoms with Crippen molar-refractivity contribution in [3.8, 4) is 11.5 Å². The number of halogens is 1. The standard InChI is InChI=1S/C10H9ClN4O2.C10H10N4O3.C4H6N4O2.Na/c1-17-8-4-2-7(3-5-8)6-15-13-10(9(11)16)12-14-15;1-17-8-4-2-7(3-5-8)6-14-12-9(10(15)16)11-13-14;1-2-10-4(9)3-5-7-8-6-3;/h2-5H,6H2,1H3;2-5H,6H2,1H3,(H,15,16);2H2,1H3,(H,5,6,7,8,9);/q;;;+1/p-1. The third-order valence-corrected chi connectivity index (χ3v) is 5.18. The molecule has 0 aliphatic rings. The van der Waals surface area contributed by atoms with Crippen molar-refractivity contribution < 1.29 is 63.3 Å². The molecule has 0 unspecified atom stereocenters. The molecule has 0 radical (unpaired) electrons. The van der Waals surface area contributed by atoms with Crippen molar-refractivity contribution in [2.45, 2.75) is 20.0 Å². The zero-order valence-electron chi connectivity index (χ0n) is 24.4. The molecule has 5 aromatic rings. The van der Waals surface area contributed by atoms with Gasteiger partial charge in [0.25, 0.3) is 16.9 Å². The number of ether oxygens (including phenoxy) is 3. The van der Waals surface area contributed by atoms with E-state index in [0.717, 1.165) is 22.6 Å². The third-order valence-electron chi connectivity index (χ3n) is 5.02. The van der Waals surface area contributed by atoms with E-state index < -0.39 is 17.2 Å². The van der Waals surface area contributed by atoms with Gasteiger partial charge in [0.2, 0.25) is 0 Å². The topological polar surface area (TPSA) is 239 Å². The van der Waals surface area contributed by atoms with Crippen molar-refractivity contribution in [3.05, 3.63) is 77.1 Å². The van der Waals surface area contributed by atoms with Gasteiger partial charge in [-0.3, -0.25) is 15.2 Å². The summed E-state index contributed by atoms with van der Waals surface area (Å²) in [6.07, 6.45) is 0. The number of rotatable bonds is 10. The summed E-state index contributed by atoms with van der Waals surface area (Å²) in [5, 5.41) is 42.5. The van der Waals surface area contributed by atoms with E-state index in [2.05, 4.69) is 56.2 Å². The Morgan fingerprint density at radius 3 is 1.64 bits per heavy atom. The van der Waals surface area contributed by atoms with Crippen LogP contribution in [-0.4, -0.2) is 98.9 Å². The molecule has 0 fully saturated rings. The molecular formula is C24H24ClN12NaO7. The maximum Gasteiger partial charge on any atom is 1.00 e. The van der Waals surface area contributed by atoms with E-state index in [1.807, 2.05) is 48.5 Å². The van der Waals surface area contributed by atoms with Crippen LogP contribution in [0.25, 0.3) is 0 Å².